The average Bonchev–Trinajstić information content (AvgIpc) is 1.60. The SMILES string of the molecule is CC1(C)CNCC(=O)N1. The molecule has 0 spiro atoms. The van der Waals surface area contributed by atoms with E-state index in [0.717, 1.165) is 6.54 Å². The summed E-state index contributed by atoms with van der Waals surface area (Å²) in [5.41, 5.74) is -0.0602. The molecule has 1 aliphatic rings. The van der Waals surface area contributed by atoms with Gasteiger partial charge in [-0.15, -0.1) is 0 Å². The molecule has 0 radical (unpaired) electrons. The lowest BCUT2D eigenvalue weighted by atomic mass is 10.0. The summed E-state index contributed by atoms with van der Waals surface area (Å²) in [6.45, 7) is 5.32. The van der Waals surface area contributed by atoms with Crippen molar-refractivity contribution in [3.8, 4) is 0 Å². The minimum Gasteiger partial charge on any atom is -0.349 e. The molecule has 1 amide bonds. The van der Waals surface area contributed by atoms with E-state index in [1.165, 1.54) is 0 Å². The Kier molecular flexibility index (Phi) is 1.45. The number of hydrogen-bond donors (Lipinski definition) is 2. The van der Waals surface area contributed by atoms with E-state index < -0.39 is 0 Å². The zero-order valence-electron chi connectivity index (χ0n) is 5.82. The normalized spacial score (nSPS) is 25.3. The van der Waals surface area contributed by atoms with Crippen LogP contribution in [0.15, 0.2) is 0 Å². The highest BCUT2D eigenvalue weighted by atomic mass is 16.2. The molecule has 2 N–H and O–H groups in total. The zero-order chi connectivity index (χ0) is 6.91. The molecule has 1 heterocycles. The summed E-state index contributed by atoms with van der Waals surface area (Å²) in [6, 6.07) is 0. The molecule has 0 unspecified atom stereocenters. The van der Waals surface area contributed by atoms with Gasteiger partial charge in [0.1, 0.15) is 0 Å². The third-order valence-electron chi connectivity index (χ3n) is 1.33. The number of piperazine rings is 1. The Hall–Kier alpha value is -0.570. The second-order valence-corrected chi connectivity index (χ2v) is 3.04. The first-order valence-corrected chi connectivity index (χ1v) is 3.12. The maximum atomic E-state index is 10.7. The summed E-state index contributed by atoms with van der Waals surface area (Å²) in [4.78, 5) is 10.7. The maximum Gasteiger partial charge on any atom is 0.234 e. The first kappa shape index (κ1) is 6.55. The van der Waals surface area contributed by atoms with Gasteiger partial charge in [0.2, 0.25) is 5.91 Å². The highest BCUT2D eigenvalue weighted by molar-refractivity contribution is 5.79. The van der Waals surface area contributed by atoms with Crippen molar-refractivity contribution in [3.63, 3.8) is 0 Å². The van der Waals surface area contributed by atoms with E-state index in [4.69, 9.17) is 0 Å². The van der Waals surface area contributed by atoms with E-state index in [0.29, 0.717) is 6.54 Å². The lowest BCUT2D eigenvalue weighted by Gasteiger charge is -2.30. The fraction of sp³-hybridized carbons (Fsp3) is 0.833. The van der Waals surface area contributed by atoms with Crippen LogP contribution in [0.1, 0.15) is 13.8 Å². The molecule has 0 atom stereocenters. The molecule has 3 heteroatoms. The first-order valence-electron chi connectivity index (χ1n) is 3.12. The van der Waals surface area contributed by atoms with Gasteiger partial charge in [0.05, 0.1) is 6.54 Å². The number of nitrogens with one attached hydrogen (secondary N) is 2. The van der Waals surface area contributed by atoms with Gasteiger partial charge in [-0.1, -0.05) is 0 Å². The largest absolute Gasteiger partial charge is 0.349 e. The molecular formula is C6H12N2O. The molecule has 9 heavy (non-hydrogen) atoms. The summed E-state index contributed by atoms with van der Waals surface area (Å²) in [7, 11) is 0. The predicted octanol–water partition coefficient (Wildman–Crippen LogP) is -0.516. The van der Waals surface area contributed by atoms with Gasteiger partial charge in [-0.3, -0.25) is 4.79 Å². The van der Waals surface area contributed by atoms with Crippen LogP contribution >= 0.6 is 0 Å². The van der Waals surface area contributed by atoms with Crippen LogP contribution in [-0.2, 0) is 4.79 Å². The minimum atomic E-state index is -0.0602. The Bertz CT molecular complexity index is 131. The Balaban J connectivity index is 2.51. The van der Waals surface area contributed by atoms with Gasteiger partial charge in [0.25, 0.3) is 0 Å². The monoisotopic (exact) mass is 128 g/mol. The first-order chi connectivity index (χ1) is 4.10. The Morgan fingerprint density at radius 2 is 2.22 bits per heavy atom. The van der Waals surface area contributed by atoms with Crippen molar-refractivity contribution < 1.29 is 4.79 Å². The molecule has 0 aromatic heterocycles. The van der Waals surface area contributed by atoms with E-state index in [2.05, 4.69) is 10.6 Å². The number of hydrogen-bond acceptors (Lipinski definition) is 2. The Morgan fingerprint density at radius 3 is 2.56 bits per heavy atom. The van der Waals surface area contributed by atoms with Crippen LogP contribution in [0, 0.1) is 0 Å². The molecular weight excluding hydrogens is 116 g/mol. The molecule has 1 aliphatic heterocycles. The summed E-state index contributed by atoms with van der Waals surface area (Å²) in [5, 5.41) is 5.87. The number of amides is 1. The average molecular weight is 128 g/mol. The van der Waals surface area contributed by atoms with E-state index in [9.17, 15) is 4.79 Å². The van der Waals surface area contributed by atoms with Crippen LogP contribution in [0.25, 0.3) is 0 Å². The molecule has 1 fully saturated rings. The number of carbonyl (C=O) groups is 1. The third kappa shape index (κ3) is 1.68. The highest BCUT2D eigenvalue weighted by Gasteiger charge is 2.23. The molecule has 0 saturated carbocycles. The van der Waals surface area contributed by atoms with E-state index in [1.54, 1.807) is 0 Å². The van der Waals surface area contributed by atoms with Gasteiger partial charge in [-0.25, -0.2) is 0 Å². The van der Waals surface area contributed by atoms with Crippen molar-refractivity contribution in [1.29, 1.82) is 0 Å². The van der Waals surface area contributed by atoms with Crippen molar-refractivity contribution in [3.05, 3.63) is 0 Å². The zero-order valence-corrected chi connectivity index (χ0v) is 5.82. The molecule has 52 valence electrons. The smallest absolute Gasteiger partial charge is 0.234 e. The van der Waals surface area contributed by atoms with Crippen LogP contribution < -0.4 is 10.6 Å². The van der Waals surface area contributed by atoms with E-state index in [-0.39, 0.29) is 11.4 Å². The standard InChI is InChI=1S/C6H12N2O/c1-6(2)4-7-3-5(9)8-6/h7H,3-4H2,1-2H3,(H,8,9). The van der Waals surface area contributed by atoms with Crippen LogP contribution in [0.5, 0.6) is 0 Å². The van der Waals surface area contributed by atoms with Crippen molar-refractivity contribution in [2.24, 2.45) is 0 Å². The Morgan fingerprint density at radius 1 is 1.56 bits per heavy atom. The topological polar surface area (TPSA) is 41.1 Å². The minimum absolute atomic E-state index is 0.0602. The van der Waals surface area contributed by atoms with Crippen molar-refractivity contribution in [2.45, 2.75) is 19.4 Å². The van der Waals surface area contributed by atoms with Crippen LogP contribution in [0.2, 0.25) is 0 Å². The summed E-state index contributed by atoms with van der Waals surface area (Å²) >= 11 is 0. The van der Waals surface area contributed by atoms with Crippen molar-refractivity contribution in [2.75, 3.05) is 13.1 Å². The summed E-state index contributed by atoms with van der Waals surface area (Å²) in [5.74, 6) is 0.0891. The van der Waals surface area contributed by atoms with Gasteiger partial charge in [-0.05, 0) is 13.8 Å². The molecule has 1 saturated heterocycles. The van der Waals surface area contributed by atoms with Crippen LogP contribution in [0.4, 0.5) is 0 Å². The summed E-state index contributed by atoms with van der Waals surface area (Å²) < 4.78 is 0. The second kappa shape index (κ2) is 1.99. The van der Waals surface area contributed by atoms with E-state index >= 15 is 0 Å². The summed E-state index contributed by atoms with van der Waals surface area (Å²) in [6.07, 6.45) is 0. The number of rotatable bonds is 0. The molecule has 1 rings (SSSR count). The second-order valence-electron chi connectivity index (χ2n) is 3.04. The Labute approximate surface area is 54.8 Å². The molecule has 0 bridgehead atoms. The fourth-order valence-electron chi connectivity index (χ4n) is 0.954. The van der Waals surface area contributed by atoms with Crippen molar-refractivity contribution in [1.82, 2.24) is 10.6 Å². The molecule has 0 aromatic rings. The highest BCUT2D eigenvalue weighted by Crippen LogP contribution is 2.01. The fourth-order valence-corrected chi connectivity index (χ4v) is 0.954. The molecule has 3 nitrogen and oxygen atoms in total. The van der Waals surface area contributed by atoms with Crippen LogP contribution in [-0.4, -0.2) is 24.5 Å². The molecule has 0 aliphatic carbocycles. The van der Waals surface area contributed by atoms with Crippen molar-refractivity contribution >= 4 is 5.91 Å². The van der Waals surface area contributed by atoms with Gasteiger partial charge < -0.3 is 10.6 Å². The van der Waals surface area contributed by atoms with Gasteiger partial charge in [-0.2, -0.15) is 0 Å². The predicted molar refractivity (Wildman–Crippen MR) is 35.1 cm³/mol. The van der Waals surface area contributed by atoms with E-state index in [1.807, 2.05) is 13.8 Å². The lowest BCUT2D eigenvalue weighted by molar-refractivity contribution is -0.123. The van der Waals surface area contributed by atoms with Crippen LogP contribution in [0.3, 0.4) is 0 Å². The number of carbonyl (C=O) groups excluding carboxylic acids is 1. The molecule has 0 aromatic carbocycles. The lowest BCUT2D eigenvalue weighted by Crippen LogP contribution is -2.58. The van der Waals surface area contributed by atoms with Gasteiger partial charge >= 0.3 is 0 Å². The maximum absolute atomic E-state index is 10.7. The third-order valence-corrected chi connectivity index (χ3v) is 1.33. The van der Waals surface area contributed by atoms with Gasteiger partial charge in [0, 0.05) is 12.1 Å². The van der Waals surface area contributed by atoms with Gasteiger partial charge in [0.15, 0.2) is 0 Å². The quantitative estimate of drug-likeness (QED) is 0.461.